The van der Waals surface area contributed by atoms with Gasteiger partial charge in [0.05, 0.1) is 6.20 Å². The second-order valence-corrected chi connectivity index (χ2v) is 4.02. The van der Waals surface area contributed by atoms with E-state index in [1.807, 2.05) is 0 Å². The lowest BCUT2D eigenvalue weighted by atomic mass is 10.1. The predicted octanol–water partition coefficient (Wildman–Crippen LogP) is 1.80. The van der Waals surface area contributed by atoms with Crippen LogP contribution in [0.4, 0.5) is 5.00 Å². The molecule has 1 aromatic heterocycles. The summed E-state index contributed by atoms with van der Waals surface area (Å²) in [5.74, 6) is -0.184. The maximum absolute atomic E-state index is 11.7. The highest BCUT2D eigenvalue weighted by atomic mass is 32.1. The summed E-state index contributed by atoms with van der Waals surface area (Å²) in [4.78, 5) is 11.7. The second-order valence-electron chi connectivity index (χ2n) is 3.24. The fourth-order valence-corrected chi connectivity index (χ4v) is 1.57. The smallest absolute Gasteiger partial charge is 0.256 e. The summed E-state index contributed by atoms with van der Waals surface area (Å²) in [6.45, 7) is 1.77. The number of hydrogen-bond acceptors (Lipinski definition) is 5. The standard InChI is InChI=1S/C10H9N3O2S/c1-6-2-3-7(4-8(6)14)10(15)12-9-5-11-13-16-9/h2-5,14H,1H3,(H,12,15). The molecule has 6 heteroatoms. The number of carbonyl (C=O) groups is 1. The zero-order chi connectivity index (χ0) is 11.5. The summed E-state index contributed by atoms with van der Waals surface area (Å²) in [6.07, 6.45) is 1.47. The average Bonchev–Trinajstić information content (AvgIpc) is 2.74. The summed E-state index contributed by atoms with van der Waals surface area (Å²) in [7, 11) is 0. The quantitative estimate of drug-likeness (QED) is 0.832. The molecule has 0 saturated carbocycles. The molecule has 5 nitrogen and oxygen atoms in total. The minimum Gasteiger partial charge on any atom is -0.508 e. The SMILES string of the molecule is Cc1ccc(C(=O)Nc2cnns2)cc1O. The molecular formula is C10H9N3O2S. The molecule has 0 aliphatic carbocycles. The van der Waals surface area contributed by atoms with Gasteiger partial charge in [-0.1, -0.05) is 10.6 Å². The Hall–Kier alpha value is -1.95. The monoisotopic (exact) mass is 235 g/mol. The number of hydrogen-bond donors (Lipinski definition) is 2. The van der Waals surface area contributed by atoms with Gasteiger partial charge in [0.25, 0.3) is 5.91 Å². The lowest BCUT2D eigenvalue weighted by molar-refractivity contribution is 0.102. The van der Waals surface area contributed by atoms with Crippen molar-refractivity contribution in [2.75, 3.05) is 5.32 Å². The Morgan fingerprint density at radius 1 is 1.50 bits per heavy atom. The van der Waals surface area contributed by atoms with E-state index >= 15 is 0 Å². The van der Waals surface area contributed by atoms with Crippen LogP contribution >= 0.6 is 11.5 Å². The van der Waals surface area contributed by atoms with E-state index in [9.17, 15) is 9.90 Å². The molecular weight excluding hydrogens is 226 g/mol. The Balaban J connectivity index is 2.18. The van der Waals surface area contributed by atoms with Crippen LogP contribution in [0.1, 0.15) is 15.9 Å². The van der Waals surface area contributed by atoms with Crippen LogP contribution in [0.15, 0.2) is 24.4 Å². The summed E-state index contributed by atoms with van der Waals surface area (Å²) in [5, 5.41) is 16.3. The normalized spacial score (nSPS) is 10.1. The van der Waals surface area contributed by atoms with E-state index < -0.39 is 0 Å². The third-order valence-corrected chi connectivity index (χ3v) is 2.65. The van der Waals surface area contributed by atoms with Crippen molar-refractivity contribution in [3.63, 3.8) is 0 Å². The van der Waals surface area contributed by atoms with Crippen LogP contribution in [0, 0.1) is 6.92 Å². The van der Waals surface area contributed by atoms with E-state index in [4.69, 9.17) is 0 Å². The first-order chi connectivity index (χ1) is 7.66. The van der Waals surface area contributed by atoms with Gasteiger partial charge in [0, 0.05) is 17.1 Å². The number of nitrogens with one attached hydrogen (secondary N) is 1. The van der Waals surface area contributed by atoms with Gasteiger partial charge >= 0.3 is 0 Å². The molecule has 0 radical (unpaired) electrons. The minimum absolute atomic E-state index is 0.107. The number of phenols is 1. The third kappa shape index (κ3) is 2.17. The predicted molar refractivity (Wildman–Crippen MR) is 60.7 cm³/mol. The molecule has 0 atom stereocenters. The fraction of sp³-hybridized carbons (Fsp3) is 0.100. The molecule has 0 saturated heterocycles. The third-order valence-electron chi connectivity index (χ3n) is 2.07. The number of carbonyl (C=O) groups excluding carboxylic acids is 1. The minimum atomic E-state index is -0.290. The highest BCUT2D eigenvalue weighted by Gasteiger charge is 2.08. The number of anilines is 1. The van der Waals surface area contributed by atoms with Gasteiger partial charge in [-0.25, -0.2) is 0 Å². The molecule has 0 bridgehead atoms. The molecule has 0 spiro atoms. The van der Waals surface area contributed by atoms with Crippen molar-refractivity contribution < 1.29 is 9.90 Å². The summed E-state index contributed by atoms with van der Waals surface area (Å²) < 4.78 is 3.63. The van der Waals surface area contributed by atoms with Crippen molar-refractivity contribution in [1.82, 2.24) is 9.59 Å². The van der Waals surface area contributed by atoms with Crippen molar-refractivity contribution in [3.8, 4) is 5.75 Å². The average molecular weight is 235 g/mol. The number of benzene rings is 1. The first kappa shape index (κ1) is 10.6. The molecule has 0 aliphatic heterocycles. The lowest BCUT2D eigenvalue weighted by Crippen LogP contribution is -2.10. The van der Waals surface area contributed by atoms with Crippen LogP contribution < -0.4 is 5.32 Å². The lowest BCUT2D eigenvalue weighted by Gasteiger charge is -2.03. The molecule has 1 heterocycles. The molecule has 2 rings (SSSR count). The summed E-state index contributed by atoms with van der Waals surface area (Å²) in [6, 6.07) is 4.77. The Bertz CT molecular complexity index is 511. The van der Waals surface area contributed by atoms with Gasteiger partial charge in [0.2, 0.25) is 0 Å². The number of nitrogens with zero attached hydrogens (tertiary/aromatic N) is 2. The van der Waals surface area contributed by atoms with E-state index in [-0.39, 0.29) is 11.7 Å². The number of rotatable bonds is 2. The molecule has 1 amide bonds. The maximum Gasteiger partial charge on any atom is 0.256 e. The van der Waals surface area contributed by atoms with E-state index in [0.29, 0.717) is 10.6 Å². The summed E-state index contributed by atoms with van der Waals surface area (Å²) in [5.41, 5.74) is 1.13. The molecule has 1 aromatic carbocycles. The van der Waals surface area contributed by atoms with E-state index in [0.717, 1.165) is 17.1 Å². The molecule has 0 unspecified atom stereocenters. The zero-order valence-electron chi connectivity index (χ0n) is 8.47. The van der Waals surface area contributed by atoms with Crippen LogP contribution in [0.3, 0.4) is 0 Å². The van der Waals surface area contributed by atoms with Gasteiger partial charge in [0.15, 0.2) is 0 Å². The van der Waals surface area contributed by atoms with Crippen LogP contribution in [0.25, 0.3) is 0 Å². The van der Waals surface area contributed by atoms with Crippen LogP contribution in [-0.4, -0.2) is 20.6 Å². The second kappa shape index (κ2) is 4.28. The molecule has 0 fully saturated rings. The van der Waals surface area contributed by atoms with Gasteiger partial charge in [0.1, 0.15) is 10.8 Å². The Morgan fingerprint density at radius 3 is 2.94 bits per heavy atom. The van der Waals surface area contributed by atoms with Crippen molar-refractivity contribution in [2.24, 2.45) is 0 Å². The Kier molecular flexibility index (Phi) is 2.82. The van der Waals surface area contributed by atoms with Crippen LogP contribution in [0.5, 0.6) is 5.75 Å². The molecule has 16 heavy (non-hydrogen) atoms. The number of phenolic OH excluding ortho intramolecular Hbond substituents is 1. The number of aryl methyl sites for hydroxylation is 1. The Morgan fingerprint density at radius 2 is 2.31 bits per heavy atom. The molecule has 2 aromatic rings. The van der Waals surface area contributed by atoms with Gasteiger partial charge < -0.3 is 10.4 Å². The summed E-state index contributed by atoms with van der Waals surface area (Å²) >= 11 is 1.10. The number of aromatic hydroxyl groups is 1. The van der Waals surface area contributed by atoms with Crippen molar-refractivity contribution >= 4 is 22.4 Å². The van der Waals surface area contributed by atoms with Crippen molar-refractivity contribution in [3.05, 3.63) is 35.5 Å². The highest BCUT2D eigenvalue weighted by molar-refractivity contribution is 7.10. The van der Waals surface area contributed by atoms with Crippen molar-refractivity contribution in [2.45, 2.75) is 6.92 Å². The van der Waals surface area contributed by atoms with Gasteiger partial charge in [-0.2, -0.15) is 0 Å². The first-order valence-corrected chi connectivity index (χ1v) is 5.32. The number of amides is 1. The number of aromatic nitrogens is 2. The molecule has 2 N–H and O–H groups in total. The van der Waals surface area contributed by atoms with Gasteiger partial charge in [-0.3, -0.25) is 4.79 Å². The fourth-order valence-electron chi connectivity index (χ4n) is 1.16. The topological polar surface area (TPSA) is 75.1 Å². The van der Waals surface area contributed by atoms with Crippen LogP contribution in [0.2, 0.25) is 0 Å². The molecule has 0 aliphatic rings. The van der Waals surface area contributed by atoms with Gasteiger partial charge in [-0.05, 0) is 24.6 Å². The van der Waals surface area contributed by atoms with E-state index in [1.54, 1.807) is 19.1 Å². The first-order valence-electron chi connectivity index (χ1n) is 4.55. The van der Waals surface area contributed by atoms with Crippen LogP contribution in [-0.2, 0) is 0 Å². The molecule has 82 valence electrons. The van der Waals surface area contributed by atoms with Crippen molar-refractivity contribution in [1.29, 1.82) is 0 Å². The Labute approximate surface area is 95.9 Å². The zero-order valence-corrected chi connectivity index (χ0v) is 9.28. The largest absolute Gasteiger partial charge is 0.508 e. The van der Waals surface area contributed by atoms with Gasteiger partial charge in [-0.15, -0.1) is 5.10 Å². The highest BCUT2D eigenvalue weighted by Crippen LogP contribution is 2.19. The van der Waals surface area contributed by atoms with E-state index in [1.165, 1.54) is 12.3 Å². The maximum atomic E-state index is 11.7. The van der Waals surface area contributed by atoms with E-state index in [2.05, 4.69) is 14.9 Å².